The van der Waals surface area contributed by atoms with Gasteiger partial charge in [0, 0.05) is 13.1 Å². The van der Waals surface area contributed by atoms with Gasteiger partial charge in [0.1, 0.15) is 17.7 Å². The molecular weight excluding hydrogens is 307 g/mol. The normalized spacial score (nSPS) is 22.2. The Morgan fingerprint density at radius 2 is 2.14 bits per heavy atom. The van der Waals surface area contributed by atoms with E-state index in [1.807, 2.05) is 0 Å². The van der Waals surface area contributed by atoms with Gasteiger partial charge in [-0.1, -0.05) is 12.1 Å². The van der Waals surface area contributed by atoms with Gasteiger partial charge in [-0.3, -0.25) is 9.59 Å². The highest BCUT2D eigenvalue weighted by atomic mass is 32.2. The van der Waals surface area contributed by atoms with Crippen molar-refractivity contribution in [1.82, 2.24) is 9.80 Å². The predicted octanol–water partition coefficient (Wildman–Crippen LogP) is 1.26. The number of ether oxygens (including phenoxy) is 1. The van der Waals surface area contributed by atoms with Gasteiger partial charge in [-0.15, -0.1) is 11.8 Å². The maximum atomic E-state index is 13.4. The average molecular weight is 324 g/mol. The first kappa shape index (κ1) is 15.3. The molecule has 5 nitrogen and oxygen atoms in total. The van der Waals surface area contributed by atoms with Gasteiger partial charge < -0.3 is 14.5 Å². The van der Waals surface area contributed by atoms with Crippen LogP contribution in [0, 0.1) is 5.82 Å². The van der Waals surface area contributed by atoms with E-state index < -0.39 is 0 Å². The van der Waals surface area contributed by atoms with Crippen molar-refractivity contribution in [2.45, 2.75) is 5.37 Å². The number of hydrogen-bond donors (Lipinski definition) is 0. The second-order valence-electron chi connectivity index (χ2n) is 5.23. The highest BCUT2D eigenvalue weighted by Gasteiger charge is 2.35. The van der Waals surface area contributed by atoms with E-state index in [-0.39, 0.29) is 29.6 Å². The number of nitrogens with zero attached hydrogens (tertiary/aromatic N) is 2. The lowest BCUT2D eigenvalue weighted by Crippen LogP contribution is -2.46. The van der Waals surface area contributed by atoms with Crippen LogP contribution < -0.4 is 0 Å². The zero-order valence-corrected chi connectivity index (χ0v) is 12.9. The molecule has 1 aromatic rings. The molecule has 118 valence electrons. The van der Waals surface area contributed by atoms with Crippen LogP contribution in [0.1, 0.15) is 10.9 Å². The molecule has 2 heterocycles. The highest BCUT2D eigenvalue weighted by molar-refractivity contribution is 8.00. The molecule has 22 heavy (non-hydrogen) atoms. The summed E-state index contributed by atoms with van der Waals surface area (Å²) in [6.07, 6.45) is 0. The van der Waals surface area contributed by atoms with Gasteiger partial charge in [-0.2, -0.15) is 0 Å². The first-order valence-electron chi connectivity index (χ1n) is 7.17. The van der Waals surface area contributed by atoms with Crippen LogP contribution in [0.4, 0.5) is 4.39 Å². The van der Waals surface area contributed by atoms with Crippen molar-refractivity contribution < 1.29 is 18.7 Å². The van der Waals surface area contributed by atoms with Gasteiger partial charge in [0.05, 0.1) is 19.0 Å². The monoisotopic (exact) mass is 324 g/mol. The number of rotatable bonds is 3. The summed E-state index contributed by atoms with van der Waals surface area (Å²) in [5, 5.41) is -0.298. The Bertz CT molecular complexity index is 578. The first-order chi connectivity index (χ1) is 10.6. The maximum Gasteiger partial charge on any atom is 0.242 e. The number of carbonyl (C=O) groups excluding carboxylic acids is 2. The largest absolute Gasteiger partial charge is 0.378 e. The van der Waals surface area contributed by atoms with E-state index in [9.17, 15) is 14.0 Å². The third-order valence-corrected chi connectivity index (χ3v) is 5.03. The maximum absolute atomic E-state index is 13.4. The molecule has 2 saturated heterocycles. The third-order valence-electron chi connectivity index (χ3n) is 3.77. The predicted molar refractivity (Wildman–Crippen MR) is 80.7 cm³/mol. The zero-order chi connectivity index (χ0) is 15.5. The molecule has 1 atom stereocenters. The van der Waals surface area contributed by atoms with Crippen LogP contribution in [0.2, 0.25) is 0 Å². The molecule has 0 aliphatic carbocycles. The van der Waals surface area contributed by atoms with Crippen molar-refractivity contribution in [2.75, 3.05) is 38.6 Å². The Labute approximate surface area is 132 Å². The lowest BCUT2D eigenvalue weighted by Gasteiger charge is -2.30. The molecular formula is C15H17FN2O3S. The standard InChI is InChI=1S/C15H17FN2O3S/c16-12-3-1-2-11(8-12)15-18(14(20)10-22-15)9-13(19)17-4-6-21-7-5-17/h1-3,8,15H,4-7,9-10H2. The Kier molecular flexibility index (Phi) is 4.63. The van der Waals surface area contributed by atoms with Gasteiger partial charge in [0.15, 0.2) is 0 Å². The van der Waals surface area contributed by atoms with Crippen LogP contribution >= 0.6 is 11.8 Å². The van der Waals surface area contributed by atoms with Gasteiger partial charge in [-0.05, 0) is 17.7 Å². The summed E-state index contributed by atoms with van der Waals surface area (Å²) in [5.74, 6) is -0.185. The second kappa shape index (κ2) is 6.66. The van der Waals surface area contributed by atoms with E-state index in [2.05, 4.69) is 0 Å². The van der Waals surface area contributed by atoms with Crippen LogP contribution in [-0.4, -0.2) is 60.2 Å². The molecule has 2 aliphatic heterocycles. The number of morpholine rings is 1. The van der Waals surface area contributed by atoms with E-state index in [0.29, 0.717) is 37.6 Å². The third kappa shape index (κ3) is 3.25. The fourth-order valence-electron chi connectivity index (χ4n) is 2.62. The zero-order valence-electron chi connectivity index (χ0n) is 12.0. The smallest absolute Gasteiger partial charge is 0.242 e. The molecule has 0 N–H and O–H groups in total. The fourth-order valence-corrected chi connectivity index (χ4v) is 3.80. The minimum absolute atomic E-state index is 0.0347. The number of amides is 2. The van der Waals surface area contributed by atoms with E-state index in [1.54, 1.807) is 17.0 Å². The molecule has 0 bridgehead atoms. The van der Waals surface area contributed by atoms with Gasteiger partial charge >= 0.3 is 0 Å². The van der Waals surface area contributed by atoms with E-state index in [4.69, 9.17) is 4.74 Å². The lowest BCUT2D eigenvalue weighted by atomic mass is 10.2. The fraction of sp³-hybridized carbons (Fsp3) is 0.467. The van der Waals surface area contributed by atoms with Crippen LogP contribution in [-0.2, 0) is 14.3 Å². The molecule has 1 unspecified atom stereocenters. The first-order valence-corrected chi connectivity index (χ1v) is 8.22. The van der Waals surface area contributed by atoms with Crippen molar-refractivity contribution >= 4 is 23.6 Å². The number of hydrogen-bond acceptors (Lipinski definition) is 4. The Morgan fingerprint density at radius 1 is 1.36 bits per heavy atom. The Morgan fingerprint density at radius 3 is 2.86 bits per heavy atom. The summed E-state index contributed by atoms with van der Waals surface area (Å²) in [7, 11) is 0. The van der Waals surface area contributed by atoms with Crippen LogP contribution in [0.3, 0.4) is 0 Å². The van der Waals surface area contributed by atoms with Gasteiger partial charge in [-0.25, -0.2) is 4.39 Å². The van der Waals surface area contributed by atoms with Crippen molar-refractivity contribution in [2.24, 2.45) is 0 Å². The molecule has 2 aliphatic rings. The lowest BCUT2D eigenvalue weighted by molar-refractivity contribution is -0.141. The quantitative estimate of drug-likeness (QED) is 0.840. The van der Waals surface area contributed by atoms with E-state index >= 15 is 0 Å². The Balaban J connectivity index is 1.72. The highest BCUT2D eigenvalue weighted by Crippen LogP contribution is 2.38. The average Bonchev–Trinajstić information content (AvgIpc) is 2.89. The van der Waals surface area contributed by atoms with Crippen molar-refractivity contribution in [3.63, 3.8) is 0 Å². The molecule has 2 fully saturated rings. The number of benzene rings is 1. The minimum atomic E-state index is -0.336. The molecule has 0 radical (unpaired) electrons. The number of halogens is 1. The summed E-state index contributed by atoms with van der Waals surface area (Å²) in [6.45, 7) is 2.20. The van der Waals surface area contributed by atoms with Gasteiger partial charge in [0.25, 0.3) is 0 Å². The molecule has 2 amide bonds. The van der Waals surface area contributed by atoms with Crippen molar-refractivity contribution in [1.29, 1.82) is 0 Å². The topological polar surface area (TPSA) is 49.9 Å². The van der Waals surface area contributed by atoms with Crippen molar-refractivity contribution in [3.05, 3.63) is 35.6 Å². The second-order valence-corrected chi connectivity index (χ2v) is 6.30. The molecule has 3 rings (SSSR count). The Hall–Kier alpha value is -1.60. The minimum Gasteiger partial charge on any atom is -0.378 e. The number of carbonyl (C=O) groups is 2. The summed E-state index contributed by atoms with van der Waals surface area (Å²) < 4.78 is 18.6. The SMILES string of the molecule is O=C(CN1C(=O)CSC1c1cccc(F)c1)N1CCOCC1. The molecule has 0 aromatic heterocycles. The molecule has 1 aromatic carbocycles. The van der Waals surface area contributed by atoms with Crippen molar-refractivity contribution in [3.8, 4) is 0 Å². The summed E-state index contributed by atoms with van der Waals surface area (Å²) in [6, 6.07) is 6.19. The summed E-state index contributed by atoms with van der Waals surface area (Å²) >= 11 is 1.42. The van der Waals surface area contributed by atoms with Gasteiger partial charge in [0.2, 0.25) is 11.8 Å². The van der Waals surface area contributed by atoms with Crippen LogP contribution in [0.15, 0.2) is 24.3 Å². The summed E-state index contributed by atoms with van der Waals surface area (Å²) in [5.41, 5.74) is 0.714. The number of thioether (sulfide) groups is 1. The van der Waals surface area contributed by atoms with E-state index in [0.717, 1.165) is 0 Å². The summed E-state index contributed by atoms with van der Waals surface area (Å²) in [4.78, 5) is 27.7. The van der Waals surface area contributed by atoms with E-state index in [1.165, 1.54) is 28.8 Å². The molecule has 0 spiro atoms. The van der Waals surface area contributed by atoms with Crippen LogP contribution in [0.25, 0.3) is 0 Å². The molecule has 7 heteroatoms. The van der Waals surface area contributed by atoms with Crippen LogP contribution in [0.5, 0.6) is 0 Å². The molecule has 0 saturated carbocycles.